The zero-order valence-electron chi connectivity index (χ0n) is 19.8. The second-order valence-corrected chi connectivity index (χ2v) is 9.13. The minimum absolute atomic E-state index is 0.303. The van der Waals surface area contributed by atoms with Crippen LogP contribution in [0.3, 0.4) is 0 Å². The van der Waals surface area contributed by atoms with Crippen molar-refractivity contribution in [1.29, 1.82) is 0 Å². The average molecular weight is 485 g/mol. The fourth-order valence-electron chi connectivity index (χ4n) is 4.78. The Hall–Kier alpha value is -3.86. The van der Waals surface area contributed by atoms with Gasteiger partial charge in [-0.05, 0) is 17.7 Å². The lowest BCUT2D eigenvalue weighted by Gasteiger charge is -2.28. The van der Waals surface area contributed by atoms with Gasteiger partial charge in [-0.15, -0.1) is 0 Å². The van der Waals surface area contributed by atoms with Gasteiger partial charge in [0.15, 0.2) is 5.65 Å². The fraction of sp³-hybridized carbons (Fsp3) is 0.308. The zero-order chi connectivity index (χ0) is 24.5. The van der Waals surface area contributed by atoms with Gasteiger partial charge in [-0.2, -0.15) is 5.10 Å². The molecule has 1 fully saturated rings. The lowest BCUT2D eigenvalue weighted by Crippen LogP contribution is -2.42. The number of hydrogen-bond acceptors (Lipinski definition) is 8. The van der Waals surface area contributed by atoms with Gasteiger partial charge in [0.25, 0.3) is 0 Å². The molecule has 0 spiro atoms. The number of aromatic nitrogens is 6. The number of nitrogens with zero attached hydrogens (tertiary/aromatic N) is 6. The normalized spacial score (nSPS) is 15.6. The number of morpholine rings is 1. The first-order valence-corrected chi connectivity index (χ1v) is 12.1. The molecule has 2 aromatic carbocycles. The summed E-state index contributed by atoms with van der Waals surface area (Å²) in [6.07, 6.45) is 1.55. The monoisotopic (exact) mass is 484 g/mol. The zero-order valence-corrected chi connectivity index (χ0v) is 19.8. The first kappa shape index (κ1) is 22.6. The van der Waals surface area contributed by atoms with Crippen LogP contribution in [0.25, 0.3) is 33.3 Å². The van der Waals surface area contributed by atoms with Crippen molar-refractivity contribution in [2.24, 2.45) is 0 Å². The molecule has 184 valence electrons. The standard InChI is InChI=1S/C26H28N8O2/c27-25-23-24(18-6-7-20-21(13-18)31-22(30-20)12-17-4-2-1-3-5-17)32-34(26(23)29-16-28-25)15-19(35)14-33-8-10-36-11-9-33/h1-7,13,16,19,35H,8-12,14-15H2,(H,30,31)(H2,27,28,29)/t19-/m0/s1. The summed E-state index contributed by atoms with van der Waals surface area (Å²) in [4.78, 5) is 19.0. The van der Waals surface area contributed by atoms with Gasteiger partial charge in [0.2, 0.25) is 0 Å². The molecule has 6 rings (SSSR count). The maximum absolute atomic E-state index is 10.8. The van der Waals surface area contributed by atoms with Crippen molar-refractivity contribution >= 4 is 27.9 Å². The molecule has 1 aliphatic heterocycles. The van der Waals surface area contributed by atoms with Gasteiger partial charge < -0.3 is 20.6 Å². The molecule has 3 aromatic heterocycles. The van der Waals surface area contributed by atoms with Crippen LogP contribution in [-0.2, 0) is 17.7 Å². The molecule has 10 heteroatoms. The molecule has 0 aliphatic carbocycles. The molecule has 36 heavy (non-hydrogen) atoms. The molecule has 4 N–H and O–H groups in total. The highest BCUT2D eigenvalue weighted by molar-refractivity contribution is 5.99. The van der Waals surface area contributed by atoms with Crippen molar-refractivity contribution in [3.05, 3.63) is 66.2 Å². The quantitative estimate of drug-likeness (QED) is 0.321. The molecule has 5 aromatic rings. The van der Waals surface area contributed by atoms with Crippen molar-refractivity contribution < 1.29 is 9.84 Å². The lowest BCUT2D eigenvalue weighted by molar-refractivity contribution is 0.0111. The summed E-state index contributed by atoms with van der Waals surface area (Å²) in [6.45, 7) is 3.85. The maximum Gasteiger partial charge on any atom is 0.164 e. The minimum atomic E-state index is -0.606. The number of aliphatic hydroxyl groups excluding tert-OH is 1. The third-order valence-electron chi connectivity index (χ3n) is 6.53. The number of H-pyrrole nitrogens is 1. The van der Waals surface area contributed by atoms with E-state index in [1.807, 2.05) is 36.4 Å². The Bertz CT molecular complexity index is 1490. The molecule has 1 saturated heterocycles. The van der Waals surface area contributed by atoms with Gasteiger partial charge in [-0.1, -0.05) is 36.4 Å². The van der Waals surface area contributed by atoms with Crippen LogP contribution >= 0.6 is 0 Å². The number of anilines is 1. The van der Waals surface area contributed by atoms with Gasteiger partial charge in [0.05, 0.1) is 42.3 Å². The van der Waals surface area contributed by atoms with E-state index in [-0.39, 0.29) is 0 Å². The third-order valence-corrected chi connectivity index (χ3v) is 6.53. The summed E-state index contributed by atoms with van der Waals surface area (Å²) in [7, 11) is 0. The topological polar surface area (TPSA) is 131 Å². The van der Waals surface area contributed by atoms with E-state index in [1.165, 1.54) is 11.9 Å². The van der Waals surface area contributed by atoms with Crippen LogP contribution in [0.15, 0.2) is 54.9 Å². The van der Waals surface area contributed by atoms with E-state index >= 15 is 0 Å². The Morgan fingerprint density at radius 2 is 1.89 bits per heavy atom. The number of fused-ring (bicyclic) bond motifs is 2. The number of benzene rings is 2. The van der Waals surface area contributed by atoms with Gasteiger partial charge in [0, 0.05) is 31.6 Å². The number of ether oxygens (including phenoxy) is 1. The molecular formula is C26H28N8O2. The summed E-state index contributed by atoms with van der Waals surface area (Å²) in [6, 6.07) is 16.2. The van der Waals surface area contributed by atoms with Crippen LogP contribution < -0.4 is 5.73 Å². The molecule has 10 nitrogen and oxygen atoms in total. The molecule has 0 radical (unpaired) electrons. The fourth-order valence-corrected chi connectivity index (χ4v) is 4.78. The molecular weight excluding hydrogens is 456 g/mol. The Kier molecular flexibility index (Phi) is 6.06. The van der Waals surface area contributed by atoms with E-state index < -0.39 is 6.10 Å². The molecule has 4 heterocycles. The van der Waals surface area contributed by atoms with Crippen LogP contribution in [0.2, 0.25) is 0 Å². The highest BCUT2D eigenvalue weighted by Crippen LogP contribution is 2.31. The summed E-state index contributed by atoms with van der Waals surface area (Å²) in [5.41, 5.74) is 11.5. The number of nitrogens with two attached hydrogens (primary N) is 1. The molecule has 0 saturated carbocycles. The van der Waals surface area contributed by atoms with Crippen molar-refractivity contribution in [1.82, 2.24) is 34.6 Å². The van der Waals surface area contributed by atoms with Crippen molar-refractivity contribution in [3.8, 4) is 11.3 Å². The van der Waals surface area contributed by atoms with Gasteiger partial charge in [-0.25, -0.2) is 19.6 Å². The van der Waals surface area contributed by atoms with Gasteiger partial charge in [0.1, 0.15) is 23.7 Å². The Morgan fingerprint density at radius 3 is 2.72 bits per heavy atom. The summed E-state index contributed by atoms with van der Waals surface area (Å²) >= 11 is 0. The van der Waals surface area contributed by atoms with Crippen molar-refractivity contribution in [3.63, 3.8) is 0 Å². The molecule has 0 bridgehead atoms. The SMILES string of the molecule is Nc1ncnc2c1c(-c1ccc3nc(Cc4ccccc4)[nH]c3c1)nn2C[C@@H](O)CN1CCOCC1. The van der Waals surface area contributed by atoms with Gasteiger partial charge in [-0.3, -0.25) is 4.90 Å². The molecule has 0 unspecified atom stereocenters. The Labute approximate surface area is 207 Å². The first-order valence-electron chi connectivity index (χ1n) is 12.1. The highest BCUT2D eigenvalue weighted by Gasteiger charge is 2.21. The first-order chi connectivity index (χ1) is 17.6. The molecule has 1 aliphatic rings. The van der Waals surface area contributed by atoms with E-state index in [9.17, 15) is 5.11 Å². The van der Waals surface area contributed by atoms with Crippen LogP contribution in [-0.4, -0.2) is 78.7 Å². The second kappa shape index (κ2) is 9.65. The Balaban J connectivity index is 1.31. The number of nitrogen functional groups attached to an aromatic ring is 1. The van der Waals surface area contributed by atoms with E-state index in [1.54, 1.807) is 4.68 Å². The predicted molar refractivity (Wildman–Crippen MR) is 137 cm³/mol. The van der Waals surface area contributed by atoms with Crippen LogP contribution in [0.1, 0.15) is 11.4 Å². The number of aromatic amines is 1. The number of rotatable bonds is 7. The summed E-state index contributed by atoms with van der Waals surface area (Å²) in [5, 5.41) is 16.3. The van der Waals surface area contributed by atoms with Crippen LogP contribution in [0, 0.1) is 0 Å². The van der Waals surface area contributed by atoms with E-state index in [4.69, 9.17) is 20.6 Å². The van der Waals surface area contributed by atoms with E-state index in [2.05, 4.69) is 32.0 Å². The molecule has 0 amide bonds. The molecule has 1 atom stereocenters. The van der Waals surface area contributed by atoms with Crippen molar-refractivity contribution in [2.45, 2.75) is 19.1 Å². The second-order valence-electron chi connectivity index (χ2n) is 9.13. The van der Waals surface area contributed by atoms with E-state index in [0.29, 0.717) is 48.8 Å². The average Bonchev–Trinajstić information content (AvgIpc) is 3.46. The Morgan fingerprint density at radius 1 is 1.06 bits per heavy atom. The van der Waals surface area contributed by atoms with Crippen molar-refractivity contribution in [2.75, 3.05) is 38.6 Å². The predicted octanol–water partition coefficient (Wildman–Crippen LogP) is 2.24. The number of hydrogen-bond donors (Lipinski definition) is 3. The number of nitrogens with one attached hydrogen (secondary N) is 1. The van der Waals surface area contributed by atoms with E-state index in [0.717, 1.165) is 41.9 Å². The number of β-amino-alcohol motifs (C(OH)–C–C–N with tert-alkyl or cyclic N) is 1. The van der Waals surface area contributed by atoms with Gasteiger partial charge >= 0.3 is 0 Å². The van der Waals surface area contributed by atoms with Crippen LogP contribution in [0.4, 0.5) is 5.82 Å². The highest BCUT2D eigenvalue weighted by atomic mass is 16.5. The third kappa shape index (κ3) is 4.53. The van der Waals surface area contributed by atoms with Crippen LogP contribution in [0.5, 0.6) is 0 Å². The smallest absolute Gasteiger partial charge is 0.164 e. The summed E-state index contributed by atoms with van der Waals surface area (Å²) < 4.78 is 7.13. The largest absolute Gasteiger partial charge is 0.390 e. The lowest BCUT2D eigenvalue weighted by atomic mass is 10.1. The summed E-state index contributed by atoms with van der Waals surface area (Å²) in [5.74, 6) is 1.26. The number of aliphatic hydroxyl groups is 1. The number of imidazole rings is 1. The maximum atomic E-state index is 10.8. The minimum Gasteiger partial charge on any atom is -0.390 e.